The lowest BCUT2D eigenvalue weighted by molar-refractivity contribution is 0.0604. The molecule has 0 aromatic heterocycles. The molecule has 1 N–H and O–H groups in total. The van der Waals surface area contributed by atoms with Crippen molar-refractivity contribution >= 4 is 0 Å². The third-order valence-electron chi connectivity index (χ3n) is 2.28. The summed E-state index contributed by atoms with van der Waals surface area (Å²) < 4.78 is 5.45. The zero-order valence-corrected chi connectivity index (χ0v) is 11.0. The molecule has 2 atom stereocenters. The highest BCUT2D eigenvalue weighted by atomic mass is 16.5. The average molecular weight is 224 g/mol. The number of fused-ring (bicyclic) bond motifs is 1. The van der Waals surface area contributed by atoms with Crippen LogP contribution in [-0.2, 0) is 0 Å². The van der Waals surface area contributed by atoms with Crippen LogP contribution >= 0.6 is 0 Å². The van der Waals surface area contributed by atoms with Crippen LogP contribution in [0.3, 0.4) is 0 Å². The standard InChI is InChI=1S/C10H12O2.2C2H6/c1-7-6-12-9-5-3-2-4-8(9)10(7)11;2*1-2/h2-5,7,10-11H,6H2,1H3;2*1-2H3/t7-,10+;;/m0../s1. The quantitative estimate of drug-likeness (QED) is 0.726. The fourth-order valence-corrected chi connectivity index (χ4v) is 1.48. The monoisotopic (exact) mass is 224 g/mol. The highest BCUT2D eigenvalue weighted by molar-refractivity contribution is 5.36. The van der Waals surface area contributed by atoms with Crippen LogP contribution in [0.4, 0.5) is 0 Å². The first-order valence-electron chi connectivity index (χ1n) is 6.19. The van der Waals surface area contributed by atoms with Crippen LogP contribution in [-0.4, -0.2) is 11.7 Å². The summed E-state index contributed by atoms with van der Waals surface area (Å²) in [5.41, 5.74) is 0.913. The molecule has 1 aromatic rings. The molecule has 1 aromatic carbocycles. The zero-order valence-electron chi connectivity index (χ0n) is 11.0. The fraction of sp³-hybridized carbons (Fsp3) is 0.571. The Morgan fingerprint density at radius 2 is 1.69 bits per heavy atom. The molecule has 92 valence electrons. The van der Waals surface area contributed by atoms with E-state index in [1.54, 1.807) is 0 Å². The highest BCUT2D eigenvalue weighted by Gasteiger charge is 2.24. The summed E-state index contributed by atoms with van der Waals surface area (Å²) in [5, 5.41) is 9.75. The summed E-state index contributed by atoms with van der Waals surface area (Å²) in [5.74, 6) is 1.02. The number of hydrogen-bond acceptors (Lipinski definition) is 2. The minimum Gasteiger partial charge on any atom is -0.493 e. The van der Waals surface area contributed by atoms with Gasteiger partial charge in [-0.05, 0) is 6.07 Å². The predicted octanol–water partition coefficient (Wildman–Crippen LogP) is 3.80. The molecule has 16 heavy (non-hydrogen) atoms. The van der Waals surface area contributed by atoms with Crippen LogP contribution in [0.25, 0.3) is 0 Å². The van der Waals surface area contributed by atoms with Crippen LogP contribution in [0.5, 0.6) is 5.75 Å². The lowest BCUT2D eigenvalue weighted by atomic mass is 9.95. The number of benzene rings is 1. The van der Waals surface area contributed by atoms with Crippen LogP contribution in [0.15, 0.2) is 24.3 Å². The Hall–Kier alpha value is -1.02. The van der Waals surface area contributed by atoms with E-state index in [0.717, 1.165) is 11.3 Å². The second-order valence-electron chi connectivity index (χ2n) is 3.27. The zero-order chi connectivity index (χ0) is 12.6. The lowest BCUT2D eigenvalue weighted by Crippen LogP contribution is -2.23. The molecule has 1 aliphatic heterocycles. The molecule has 1 aliphatic rings. The van der Waals surface area contributed by atoms with Crippen LogP contribution in [0.2, 0.25) is 0 Å². The maximum absolute atomic E-state index is 9.75. The summed E-state index contributed by atoms with van der Waals surface area (Å²) in [6.45, 7) is 10.6. The molecule has 0 saturated heterocycles. The van der Waals surface area contributed by atoms with Gasteiger partial charge in [0.05, 0.1) is 12.7 Å². The largest absolute Gasteiger partial charge is 0.493 e. The molecule has 0 radical (unpaired) electrons. The van der Waals surface area contributed by atoms with Gasteiger partial charge < -0.3 is 9.84 Å². The second-order valence-corrected chi connectivity index (χ2v) is 3.27. The van der Waals surface area contributed by atoms with E-state index in [1.807, 2.05) is 58.9 Å². The molecule has 0 unspecified atom stereocenters. The first-order chi connectivity index (χ1) is 7.79. The van der Waals surface area contributed by atoms with Gasteiger partial charge in [0.25, 0.3) is 0 Å². The van der Waals surface area contributed by atoms with Gasteiger partial charge in [0.2, 0.25) is 0 Å². The Labute approximate surface area is 99.3 Å². The lowest BCUT2D eigenvalue weighted by Gasteiger charge is -2.27. The van der Waals surface area contributed by atoms with Gasteiger partial charge >= 0.3 is 0 Å². The van der Waals surface area contributed by atoms with Gasteiger partial charge in [0.15, 0.2) is 0 Å². The third kappa shape index (κ3) is 3.53. The van der Waals surface area contributed by atoms with Crippen molar-refractivity contribution in [2.75, 3.05) is 6.61 Å². The maximum atomic E-state index is 9.75. The van der Waals surface area contributed by atoms with Gasteiger partial charge in [-0.3, -0.25) is 0 Å². The third-order valence-corrected chi connectivity index (χ3v) is 2.28. The van der Waals surface area contributed by atoms with Gasteiger partial charge in [0.1, 0.15) is 5.75 Å². The van der Waals surface area contributed by atoms with Crippen molar-refractivity contribution in [2.45, 2.75) is 40.7 Å². The van der Waals surface area contributed by atoms with Gasteiger partial charge in [-0.25, -0.2) is 0 Å². The van der Waals surface area contributed by atoms with E-state index >= 15 is 0 Å². The molecule has 2 nitrogen and oxygen atoms in total. The van der Waals surface area contributed by atoms with E-state index in [2.05, 4.69) is 0 Å². The Bertz CT molecular complexity index is 284. The number of aliphatic hydroxyl groups is 1. The SMILES string of the molecule is CC.CC.C[C@H]1COc2ccccc2[C@@H]1O. The molecule has 2 rings (SSSR count). The van der Waals surface area contributed by atoms with E-state index in [9.17, 15) is 5.11 Å². The Morgan fingerprint density at radius 3 is 2.31 bits per heavy atom. The van der Waals surface area contributed by atoms with Crippen molar-refractivity contribution in [1.29, 1.82) is 0 Å². The van der Waals surface area contributed by atoms with Crippen molar-refractivity contribution in [2.24, 2.45) is 5.92 Å². The molecule has 0 amide bonds. The number of ether oxygens (including phenoxy) is 1. The average Bonchev–Trinajstić information content (AvgIpc) is 2.39. The Morgan fingerprint density at radius 1 is 1.12 bits per heavy atom. The van der Waals surface area contributed by atoms with Gasteiger partial charge in [-0.2, -0.15) is 0 Å². The van der Waals surface area contributed by atoms with E-state index in [-0.39, 0.29) is 12.0 Å². The number of para-hydroxylation sites is 1. The van der Waals surface area contributed by atoms with Crippen molar-refractivity contribution in [3.8, 4) is 5.75 Å². The number of hydrogen-bond donors (Lipinski definition) is 1. The van der Waals surface area contributed by atoms with Gasteiger partial charge in [-0.1, -0.05) is 52.8 Å². The molecule has 0 aliphatic carbocycles. The normalized spacial score (nSPS) is 21.4. The molecule has 0 fully saturated rings. The molecule has 0 spiro atoms. The van der Waals surface area contributed by atoms with E-state index in [1.165, 1.54) is 0 Å². The first kappa shape index (κ1) is 15.0. The minimum atomic E-state index is -0.366. The maximum Gasteiger partial charge on any atom is 0.125 e. The van der Waals surface area contributed by atoms with Crippen molar-refractivity contribution in [3.63, 3.8) is 0 Å². The molecule has 0 saturated carbocycles. The van der Waals surface area contributed by atoms with Gasteiger partial charge in [-0.15, -0.1) is 0 Å². The number of rotatable bonds is 0. The number of aliphatic hydroxyl groups excluding tert-OH is 1. The fourth-order valence-electron chi connectivity index (χ4n) is 1.48. The van der Waals surface area contributed by atoms with Crippen molar-refractivity contribution in [1.82, 2.24) is 0 Å². The first-order valence-corrected chi connectivity index (χ1v) is 6.19. The van der Waals surface area contributed by atoms with E-state index in [0.29, 0.717) is 6.61 Å². The van der Waals surface area contributed by atoms with E-state index in [4.69, 9.17) is 4.74 Å². The summed E-state index contributed by atoms with van der Waals surface area (Å²) in [4.78, 5) is 0. The van der Waals surface area contributed by atoms with Crippen molar-refractivity contribution < 1.29 is 9.84 Å². The molecular formula is C14H24O2. The highest BCUT2D eigenvalue weighted by Crippen LogP contribution is 2.34. The van der Waals surface area contributed by atoms with E-state index < -0.39 is 0 Å². The molecular weight excluding hydrogens is 200 g/mol. The second kappa shape index (κ2) is 8.17. The Balaban J connectivity index is 0.000000509. The summed E-state index contributed by atoms with van der Waals surface area (Å²) in [7, 11) is 0. The predicted molar refractivity (Wildman–Crippen MR) is 68.8 cm³/mol. The summed E-state index contributed by atoms with van der Waals surface area (Å²) in [6, 6.07) is 7.64. The van der Waals surface area contributed by atoms with Crippen LogP contribution in [0.1, 0.15) is 46.3 Å². The van der Waals surface area contributed by atoms with Gasteiger partial charge in [0, 0.05) is 11.5 Å². The van der Waals surface area contributed by atoms with Crippen LogP contribution in [0, 0.1) is 5.92 Å². The van der Waals surface area contributed by atoms with Crippen LogP contribution < -0.4 is 4.74 Å². The Kier molecular flexibility index (Phi) is 7.65. The van der Waals surface area contributed by atoms with Crippen molar-refractivity contribution in [3.05, 3.63) is 29.8 Å². The summed E-state index contributed by atoms with van der Waals surface area (Å²) in [6.07, 6.45) is -0.366. The molecule has 0 bridgehead atoms. The molecule has 2 heteroatoms. The molecule has 1 heterocycles. The summed E-state index contributed by atoms with van der Waals surface area (Å²) >= 11 is 0. The minimum absolute atomic E-state index is 0.194. The smallest absolute Gasteiger partial charge is 0.125 e. The topological polar surface area (TPSA) is 29.5 Å².